The number of furan rings is 1. The van der Waals surface area contributed by atoms with Crippen LogP contribution in [-0.2, 0) is 6.42 Å². The van der Waals surface area contributed by atoms with Crippen LogP contribution in [0.2, 0.25) is 0 Å². The molecular weight excluding hydrogens is 204 g/mol. The van der Waals surface area contributed by atoms with E-state index >= 15 is 0 Å². The quantitative estimate of drug-likeness (QED) is 0.859. The summed E-state index contributed by atoms with van der Waals surface area (Å²) in [6.07, 6.45) is 1.94. The van der Waals surface area contributed by atoms with E-state index < -0.39 is 5.97 Å². The molecule has 0 aliphatic heterocycles. The highest BCUT2D eigenvalue weighted by atomic mass is 16.4. The number of hydrogen-bond donors (Lipinski definition) is 1. The zero-order chi connectivity index (χ0) is 11.7. The standard InChI is InChI=1S/C13H14O3/c1-3-4-10-8(2)16-12-6-5-9(13(14)15)7-11(10)12/h5-7H,3-4H2,1-2H3,(H,14,15). The maximum absolute atomic E-state index is 10.9. The molecule has 2 aromatic rings. The zero-order valence-corrected chi connectivity index (χ0v) is 9.41. The van der Waals surface area contributed by atoms with E-state index in [1.807, 2.05) is 6.92 Å². The summed E-state index contributed by atoms with van der Waals surface area (Å²) in [7, 11) is 0. The van der Waals surface area contributed by atoms with Gasteiger partial charge in [0.1, 0.15) is 11.3 Å². The summed E-state index contributed by atoms with van der Waals surface area (Å²) < 4.78 is 5.59. The fourth-order valence-corrected chi connectivity index (χ4v) is 1.96. The fourth-order valence-electron chi connectivity index (χ4n) is 1.96. The second-order valence-corrected chi connectivity index (χ2v) is 3.90. The van der Waals surface area contributed by atoms with Crippen molar-refractivity contribution in [1.29, 1.82) is 0 Å². The molecule has 16 heavy (non-hydrogen) atoms. The van der Waals surface area contributed by atoms with Crippen molar-refractivity contribution in [3.05, 3.63) is 35.1 Å². The van der Waals surface area contributed by atoms with E-state index in [4.69, 9.17) is 9.52 Å². The first-order valence-electron chi connectivity index (χ1n) is 5.38. The van der Waals surface area contributed by atoms with E-state index in [1.54, 1.807) is 18.2 Å². The summed E-state index contributed by atoms with van der Waals surface area (Å²) in [5, 5.41) is 9.87. The van der Waals surface area contributed by atoms with E-state index in [0.29, 0.717) is 5.56 Å². The average Bonchev–Trinajstić information content (AvgIpc) is 2.55. The Hall–Kier alpha value is -1.77. The Morgan fingerprint density at radius 2 is 2.19 bits per heavy atom. The van der Waals surface area contributed by atoms with Crippen molar-refractivity contribution >= 4 is 16.9 Å². The van der Waals surface area contributed by atoms with Gasteiger partial charge in [0.15, 0.2) is 0 Å². The van der Waals surface area contributed by atoms with Crippen molar-refractivity contribution < 1.29 is 14.3 Å². The van der Waals surface area contributed by atoms with Gasteiger partial charge in [-0.15, -0.1) is 0 Å². The van der Waals surface area contributed by atoms with Crippen molar-refractivity contribution in [2.24, 2.45) is 0 Å². The van der Waals surface area contributed by atoms with Crippen LogP contribution in [0.1, 0.15) is 35.0 Å². The average molecular weight is 218 g/mol. The minimum absolute atomic E-state index is 0.311. The highest BCUT2D eigenvalue weighted by Crippen LogP contribution is 2.27. The SMILES string of the molecule is CCCc1c(C)oc2ccc(C(=O)O)cc12. The van der Waals surface area contributed by atoms with Gasteiger partial charge in [0.05, 0.1) is 5.56 Å². The molecule has 1 aromatic carbocycles. The van der Waals surface area contributed by atoms with Crippen LogP contribution < -0.4 is 0 Å². The molecule has 0 aliphatic carbocycles. The number of carboxylic acid groups (broad SMARTS) is 1. The molecule has 0 bridgehead atoms. The summed E-state index contributed by atoms with van der Waals surface area (Å²) >= 11 is 0. The van der Waals surface area contributed by atoms with E-state index in [1.165, 1.54) is 0 Å². The van der Waals surface area contributed by atoms with Gasteiger partial charge in [-0.05, 0) is 31.5 Å². The van der Waals surface area contributed by atoms with Crippen molar-refractivity contribution in [1.82, 2.24) is 0 Å². The van der Waals surface area contributed by atoms with Crippen molar-refractivity contribution in [2.75, 3.05) is 0 Å². The first kappa shape index (κ1) is 10.7. The van der Waals surface area contributed by atoms with Crippen LogP contribution in [0, 0.1) is 6.92 Å². The number of aryl methyl sites for hydroxylation is 2. The minimum Gasteiger partial charge on any atom is -0.478 e. The summed E-state index contributed by atoms with van der Waals surface area (Å²) in [5.41, 5.74) is 2.21. The molecule has 1 heterocycles. The van der Waals surface area contributed by atoms with Crippen LogP contribution in [0.3, 0.4) is 0 Å². The van der Waals surface area contributed by atoms with Crippen molar-refractivity contribution in [3.63, 3.8) is 0 Å². The van der Waals surface area contributed by atoms with Crippen LogP contribution in [0.4, 0.5) is 0 Å². The predicted molar refractivity (Wildman–Crippen MR) is 61.9 cm³/mol. The van der Waals surface area contributed by atoms with Crippen LogP contribution in [0.5, 0.6) is 0 Å². The number of carboxylic acids is 1. The molecule has 0 atom stereocenters. The lowest BCUT2D eigenvalue weighted by atomic mass is 10.0. The molecule has 0 aliphatic rings. The molecule has 0 radical (unpaired) electrons. The third-order valence-electron chi connectivity index (χ3n) is 2.74. The lowest BCUT2D eigenvalue weighted by Gasteiger charge is -1.97. The van der Waals surface area contributed by atoms with Crippen molar-refractivity contribution in [3.8, 4) is 0 Å². The molecule has 0 saturated heterocycles. The van der Waals surface area contributed by atoms with Gasteiger partial charge in [0.25, 0.3) is 0 Å². The third-order valence-corrected chi connectivity index (χ3v) is 2.74. The van der Waals surface area contributed by atoms with Crippen LogP contribution in [0.25, 0.3) is 11.0 Å². The Balaban J connectivity index is 2.64. The van der Waals surface area contributed by atoms with E-state index in [9.17, 15) is 4.79 Å². The number of carbonyl (C=O) groups is 1. The summed E-state index contributed by atoms with van der Waals surface area (Å²) in [6, 6.07) is 4.99. The zero-order valence-electron chi connectivity index (χ0n) is 9.41. The molecule has 0 spiro atoms. The number of benzene rings is 1. The Labute approximate surface area is 93.7 Å². The summed E-state index contributed by atoms with van der Waals surface area (Å²) in [5.74, 6) is -0.0115. The number of rotatable bonds is 3. The molecule has 2 rings (SSSR count). The maximum atomic E-state index is 10.9. The number of fused-ring (bicyclic) bond motifs is 1. The monoisotopic (exact) mass is 218 g/mol. The Morgan fingerprint density at radius 3 is 2.81 bits per heavy atom. The summed E-state index contributed by atoms with van der Waals surface area (Å²) in [4.78, 5) is 10.9. The molecule has 0 unspecified atom stereocenters. The first-order chi connectivity index (χ1) is 7.63. The molecule has 84 valence electrons. The molecule has 1 aromatic heterocycles. The normalized spacial score (nSPS) is 10.9. The molecule has 0 saturated carbocycles. The van der Waals surface area contributed by atoms with Gasteiger partial charge >= 0.3 is 5.97 Å². The van der Waals surface area contributed by atoms with E-state index in [2.05, 4.69) is 6.92 Å². The van der Waals surface area contributed by atoms with Crippen molar-refractivity contribution in [2.45, 2.75) is 26.7 Å². The molecular formula is C13H14O3. The van der Waals surface area contributed by atoms with Gasteiger partial charge in [0, 0.05) is 10.9 Å². The van der Waals surface area contributed by atoms with Crippen LogP contribution in [0.15, 0.2) is 22.6 Å². The smallest absolute Gasteiger partial charge is 0.335 e. The van der Waals surface area contributed by atoms with Gasteiger partial charge in [0.2, 0.25) is 0 Å². The lowest BCUT2D eigenvalue weighted by molar-refractivity contribution is 0.0697. The first-order valence-corrected chi connectivity index (χ1v) is 5.38. The molecule has 0 fully saturated rings. The maximum Gasteiger partial charge on any atom is 0.335 e. The second kappa shape index (κ2) is 4.00. The largest absolute Gasteiger partial charge is 0.478 e. The highest BCUT2D eigenvalue weighted by Gasteiger charge is 2.12. The van der Waals surface area contributed by atoms with Gasteiger partial charge in [-0.1, -0.05) is 13.3 Å². The fraction of sp³-hybridized carbons (Fsp3) is 0.308. The highest BCUT2D eigenvalue weighted by molar-refractivity contribution is 5.94. The van der Waals surface area contributed by atoms with Gasteiger partial charge in [-0.3, -0.25) is 0 Å². The Morgan fingerprint density at radius 1 is 1.44 bits per heavy atom. The van der Waals surface area contributed by atoms with E-state index in [-0.39, 0.29) is 0 Å². The van der Waals surface area contributed by atoms with Gasteiger partial charge in [-0.25, -0.2) is 4.79 Å². The molecule has 0 amide bonds. The Bertz CT molecular complexity index is 537. The second-order valence-electron chi connectivity index (χ2n) is 3.90. The predicted octanol–water partition coefficient (Wildman–Crippen LogP) is 3.39. The number of hydrogen-bond acceptors (Lipinski definition) is 2. The molecule has 1 N–H and O–H groups in total. The summed E-state index contributed by atoms with van der Waals surface area (Å²) in [6.45, 7) is 4.02. The van der Waals surface area contributed by atoms with Crippen LogP contribution >= 0.6 is 0 Å². The number of aromatic carboxylic acids is 1. The Kier molecular flexibility index (Phi) is 2.69. The molecule has 3 heteroatoms. The van der Waals surface area contributed by atoms with E-state index in [0.717, 1.165) is 35.1 Å². The minimum atomic E-state index is -0.900. The van der Waals surface area contributed by atoms with Crippen LogP contribution in [-0.4, -0.2) is 11.1 Å². The van der Waals surface area contributed by atoms with Gasteiger partial charge < -0.3 is 9.52 Å². The van der Waals surface area contributed by atoms with Gasteiger partial charge in [-0.2, -0.15) is 0 Å². The lowest BCUT2D eigenvalue weighted by Crippen LogP contribution is -1.95. The third kappa shape index (κ3) is 1.69. The topological polar surface area (TPSA) is 50.4 Å². The molecule has 3 nitrogen and oxygen atoms in total.